The predicted molar refractivity (Wildman–Crippen MR) is 87.7 cm³/mol. The van der Waals surface area contributed by atoms with Crippen LogP contribution in [0.1, 0.15) is 23.3 Å². The summed E-state index contributed by atoms with van der Waals surface area (Å²) in [5.41, 5.74) is 5.52. The second-order valence-electron chi connectivity index (χ2n) is 4.82. The van der Waals surface area contributed by atoms with Gasteiger partial charge in [-0.3, -0.25) is 0 Å². The minimum atomic E-state index is 0.923. The zero-order valence-electron chi connectivity index (χ0n) is 11.2. The number of aromatic nitrogens is 2. The molecule has 0 atom stereocenters. The summed E-state index contributed by atoms with van der Waals surface area (Å²) in [6.45, 7) is 8.35. The normalized spacial score (nSPS) is 10.8. The summed E-state index contributed by atoms with van der Waals surface area (Å²) in [6, 6.07) is 10.4. The molecule has 2 aromatic heterocycles. The number of nitrogens with zero attached hydrogens (tertiary/aromatic N) is 1. The van der Waals surface area contributed by atoms with Crippen LogP contribution in [-0.2, 0) is 0 Å². The van der Waals surface area contributed by atoms with E-state index < -0.39 is 0 Å². The molecule has 2 heterocycles. The van der Waals surface area contributed by atoms with Gasteiger partial charge in [0.1, 0.15) is 0 Å². The fraction of sp³-hybridized carbons (Fsp3) is 0.118. The molecule has 3 rings (SSSR count). The molecule has 0 radical (unpaired) electrons. The average Bonchev–Trinajstić information content (AvgIpc) is 3.13. The van der Waals surface area contributed by atoms with Gasteiger partial charge in [0, 0.05) is 4.88 Å². The van der Waals surface area contributed by atoms with Gasteiger partial charge in [-0.25, -0.2) is 4.98 Å². The van der Waals surface area contributed by atoms with Crippen LogP contribution in [0.2, 0.25) is 0 Å². The van der Waals surface area contributed by atoms with Crippen LogP contribution >= 0.6 is 11.3 Å². The summed E-state index contributed by atoms with van der Waals surface area (Å²) in [5.74, 6) is 0. The molecule has 0 unspecified atom stereocenters. The van der Waals surface area contributed by atoms with Crippen LogP contribution in [0.3, 0.4) is 0 Å². The number of fused-ring (bicyclic) bond motifs is 1. The maximum absolute atomic E-state index is 4.29. The highest BCUT2D eigenvalue weighted by molar-refractivity contribution is 7.11. The fourth-order valence-corrected chi connectivity index (χ4v) is 2.93. The first kappa shape index (κ1) is 12.9. The Kier molecular flexibility index (Phi) is 3.52. The van der Waals surface area contributed by atoms with E-state index in [0.29, 0.717) is 0 Å². The van der Waals surface area contributed by atoms with E-state index in [1.54, 1.807) is 17.7 Å². The Bertz CT molecular complexity index is 750. The first-order chi connectivity index (χ1) is 9.74. The van der Waals surface area contributed by atoms with Gasteiger partial charge in [0.15, 0.2) is 0 Å². The first-order valence-electron chi connectivity index (χ1n) is 6.57. The molecule has 20 heavy (non-hydrogen) atoms. The number of allylic oxidation sites excluding steroid dienone is 2. The molecule has 100 valence electrons. The lowest BCUT2D eigenvalue weighted by molar-refractivity contribution is 1.10. The fourth-order valence-electron chi connectivity index (χ4n) is 2.20. The summed E-state index contributed by atoms with van der Waals surface area (Å²) >= 11 is 1.74. The topological polar surface area (TPSA) is 28.7 Å². The maximum Gasteiger partial charge on any atom is 0.0931 e. The second kappa shape index (κ2) is 5.47. The van der Waals surface area contributed by atoms with E-state index in [2.05, 4.69) is 58.8 Å². The Morgan fingerprint density at radius 3 is 2.80 bits per heavy atom. The number of thiophene rings is 1. The number of benzene rings is 1. The monoisotopic (exact) mass is 280 g/mol. The first-order valence-corrected chi connectivity index (χ1v) is 7.45. The van der Waals surface area contributed by atoms with E-state index in [4.69, 9.17) is 0 Å². The molecule has 0 fully saturated rings. The van der Waals surface area contributed by atoms with E-state index in [1.807, 2.05) is 0 Å². The Labute approximate surface area is 122 Å². The van der Waals surface area contributed by atoms with Crippen molar-refractivity contribution in [2.45, 2.75) is 12.8 Å². The van der Waals surface area contributed by atoms with Crippen molar-refractivity contribution in [2.75, 3.05) is 0 Å². The van der Waals surface area contributed by atoms with Gasteiger partial charge >= 0.3 is 0 Å². The number of aromatic amines is 1. The molecule has 0 aliphatic rings. The van der Waals surface area contributed by atoms with Crippen molar-refractivity contribution in [3.63, 3.8) is 0 Å². The van der Waals surface area contributed by atoms with E-state index >= 15 is 0 Å². The SMILES string of the molecule is C=C(CCC(=C)c1cccs1)c1ccc2[nH]cnc2c1. The lowest BCUT2D eigenvalue weighted by Crippen LogP contribution is -1.86. The van der Waals surface area contributed by atoms with Crippen molar-refractivity contribution in [2.24, 2.45) is 0 Å². The molecule has 3 aromatic rings. The third-order valence-electron chi connectivity index (χ3n) is 3.43. The predicted octanol–water partition coefficient (Wildman–Crippen LogP) is 5.13. The van der Waals surface area contributed by atoms with E-state index in [1.165, 1.54) is 10.5 Å². The highest BCUT2D eigenvalue weighted by Gasteiger charge is 2.05. The Hall–Kier alpha value is -2.13. The van der Waals surface area contributed by atoms with Gasteiger partial charge < -0.3 is 4.98 Å². The highest BCUT2D eigenvalue weighted by Crippen LogP contribution is 2.27. The largest absolute Gasteiger partial charge is 0.345 e. The molecular weight excluding hydrogens is 264 g/mol. The molecule has 0 saturated heterocycles. The molecule has 2 nitrogen and oxygen atoms in total. The Morgan fingerprint density at radius 1 is 1.15 bits per heavy atom. The van der Waals surface area contributed by atoms with Crippen LogP contribution < -0.4 is 0 Å². The molecule has 1 aromatic carbocycles. The van der Waals surface area contributed by atoms with Crippen LogP contribution in [0, 0.1) is 0 Å². The van der Waals surface area contributed by atoms with Crippen molar-refractivity contribution in [3.8, 4) is 0 Å². The number of rotatable bonds is 5. The van der Waals surface area contributed by atoms with E-state index in [0.717, 1.165) is 35.0 Å². The molecule has 3 heteroatoms. The van der Waals surface area contributed by atoms with Gasteiger partial charge in [-0.2, -0.15) is 0 Å². The van der Waals surface area contributed by atoms with Crippen LogP contribution in [0.5, 0.6) is 0 Å². The van der Waals surface area contributed by atoms with Crippen molar-refractivity contribution in [3.05, 3.63) is 65.6 Å². The highest BCUT2D eigenvalue weighted by atomic mass is 32.1. The third kappa shape index (κ3) is 2.58. The average molecular weight is 280 g/mol. The van der Waals surface area contributed by atoms with Gasteiger partial charge in [-0.15, -0.1) is 11.3 Å². The number of hydrogen-bond acceptors (Lipinski definition) is 2. The van der Waals surface area contributed by atoms with Gasteiger partial charge in [-0.1, -0.05) is 25.3 Å². The second-order valence-corrected chi connectivity index (χ2v) is 5.77. The lowest BCUT2D eigenvalue weighted by atomic mass is 9.99. The minimum Gasteiger partial charge on any atom is -0.345 e. The summed E-state index contributed by atoms with van der Waals surface area (Å²) < 4.78 is 0. The van der Waals surface area contributed by atoms with Crippen molar-refractivity contribution < 1.29 is 0 Å². The van der Waals surface area contributed by atoms with Gasteiger partial charge in [0.25, 0.3) is 0 Å². The molecule has 0 bridgehead atoms. The van der Waals surface area contributed by atoms with Gasteiger partial charge in [-0.05, 0) is 53.1 Å². The molecule has 1 N–H and O–H groups in total. The van der Waals surface area contributed by atoms with E-state index in [-0.39, 0.29) is 0 Å². The lowest BCUT2D eigenvalue weighted by Gasteiger charge is -2.07. The Balaban J connectivity index is 1.68. The smallest absolute Gasteiger partial charge is 0.0931 e. The van der Waals surface area contributed by atoms with Crippen molar-refractivity contribution in [1.29, 1.82) is 0 Å². The zero-order valence-corrected chi connectivity index (χ0v) is 12.0. The van der Waals surface area contributed by atoms with Crippen molar-refractivity contribution in [1.82, 2.24) is 9.97 Å². The molecule has 0 aliphatic heterocycles. The number of nitrogens with one attached hydrogen (secondary N) is 1. The van der Waals surface area contributed by atoms with Crippen LogP contribution in [-0.4, -0.2) is 9.97 Å². The summed E-state index contributed by atoms with van der Waals surface area (Å²) in [7, 11) is 0. The van der Waals surface area contributed by atoms with Crippen LogP contribution in [0.25, 0.3) is 22.2 Å². The maximum atomic E-state index is 4.29. The molecule has 0 aliphatic carbocycles. The number of imidazole rings is 1. The van der Waals surface area contributed by atoms with Gasteiger partial charge in [0.2, 0.25) is 0 Å². The quantitative estimate of drug-likeness (QED) is 0.689. The van der Waals surface area contributed by atoms with Crippen molar-refractivity contribution >= 4 is 33.5 Å². The minimum absolute atomic E-state index is 0.923. The molecule has 0 amide bonds. The summed E-state index contributed by atoms with van der Waals surface area (Å²) in [5, 5.41) is 2.08. The summed E-state index contributed by atoms with van der Waals surface area (Å²) in [4.78, 5) is 8.65. The molecule has 0 saturated carbocycles. The molecular formula is C17H16N2S. The van der Waals surface area contributed by atoms with Crippen LogP contribution in [0.15, 0.2) is 55.2 Å². The summed E-state index contributed by atoms with van der Waals surface area (Å²) in [6.07, 6.45) is 3.58. The standard InChI is InChI=1S/C17H16N2S/c1-12(5-6-13(2)17-4-3-9-20-17)14-7-8-15-16(10-14)19-11-18-15/h3-4,7-11H,1-2,5-6H2,(H,18,19). The molecule has 0 spiro atoms. The third-order valence-corrected chi connectivity index (χ3v) is 4.40. The zero-order chi connectivity index (χ0) is 13.9. The van der Waals surface area contributed by atoms with E-state index in [9.17, 15) is 0 Å². The Morgan fingerprint density at radius 2 is 2.00 bits per heavy atom. The van der Waals surface area contributed by atoms with Crippen LogP contribution in [0.4, 0.5) is 0 Å². The number of H-pyrrole nitrogens is 1. The number of hydrogen-bond donors (Lipinski definition) is 1. The van der Waals surface area contributed by atoms with Gasteiger partial charge in [0.05, 0.1) is 17.4 Å².